The van der Waals surface area contributed by atoms with Crippen molar-refractivity contribution in [2.24, 2.45) is 11.5 Å². The minimum Gasteiger partial charge on any atom is -0.378 e. The second-order valence-corrected chi connectivity index (χ2v) is 6.02. The molecule has 0 aliphatic heterocycles. The lowest BCUT2D eigenvalue weighted by atomic mass is 9.94. The summed E-state index contributed by atoms with van der Waals surface area (Å²) in [5.74, 6) is 0. The standard InChI is InChI=1S/C18H26N4/c1-21(2)15-9-5-13(6-10-15)17(19)18(20)14-7-11-16(12-8-14)22(3)4/h5-12,17-18H,19-20H2,1-4H3/t17-,18-/m0/s1. The summed E-state index contributed by atoms with van der Waals surface area (Å²) in [6.45, 7) is 0. The maximum atomic E-state index is 6.35. The average molecular weight is 298 g/mol. The van der Waals surface area contributed by atoms with E-state index in [0.717, 1.165) is 22.5 Å². The van der Waals surface area contributed by atoms with Gasteiger partial charge in [-0.05, 0) is 35.4 Å². The van der Waals surface area contributed by atoms with Crippen molar-refractivity contribution in [1.82, 2.24) is 0 Å². The van der Waals surface area contributed by atoms with Gasteiger partial charge in [-0.15, -0.1) is 0 Å². The molecule has 0 aliphatic carbocycles. The minimum atomic E-state index is -0.221. The summed E-state index contributed by atoms with van der Waals surface area (Å²) < 4.78 is 0. The van der Waals surface area contributed by atoms with Gasteiger partial charge in [-0.25, -0.2) is 0 Å². The molecule has 4 heteroatoms. The largest absolute Gasteiger partial charge is 0.378 e. The van der Waals surface area contributed by atoms with Crippen molar-refractivity contribution < 1.29 is 0 Å². The molecule has 118 valence electrons. The summed E-state index contributed by atoms with van der Waals surface area (Å²) in [6.07, 6.45) is 0. The molecule has 0 saturated carbocycles. The Hall–Kier alpha value is -2.04. The van der Waals surface area contributed by atoms with Crippen LogP contribution >= 0.6 is 0 Å². The summed E-state index contributed by atoms with van der Waals surface area (Å²) in [5.41, 5.74) is 17.1. The molecular formula is C18H26N4. The highest BCUT2D eigenvalue weighted by Gasteiger charge is 2.17. The van der Waals surface area contributed by atoms with E-state index in [1.54, 1.807) is 0 Å². The number of hydrogen-bond donors (Lipinski definition) is 2. The number of rotatable bonds is 5. The van der Waals surface area contributed by atoms with Gasteiger partial charge in [0.25, 0.3) is 0 Å². The molecule has 0 unspecified atom stereocenters. The molecule has 0 saturated heterocycles. The molecule has 2 rings (SSSR count). The van der Waals surface area contributed by atoms with Crippen LogP contribution in [-0.2, 0) is 0 Å². The summed E-state index contributed by atoms with van der Waals surface area (Å²) >= 11 is 0. The van der Waals surface area contributed by atoms with E-state index in [0.29, 0.717) is 0 Å². The van der Waals surface area contributed by atoms with Crippen LogP contribution in [0, 0.1) is 0 Å². The van der Waals surface area contributed by atoms with E-state index in [1.165, 1.54) is 0 Å². The van der Waals surface area contributed by atoms with Gasteiger partial charge in [-0.3, -0.25) is 0 Å². The zero-order chi connectivity index (χ0) is 16.3. The second kappa shape index (κ2) is 6.81. The van der Waals surface area contributed by atoms with Crippen molar-refractivity contribution in [2.45, 2.75) is 12.1 Å². The maximum Gasteiger partial charge on any atom is 0.0491 e. The van der Waals surface area contributed by atoms with Gasteiger partial charge in [0.1, 0.15) is 0 Å². The van der Waals surface area contributed by atoms with Crippen LogP contribution in [0.15, 0.2) is 48.5 Å². The fourth-order valence-corrected chi connectivity index (χ4v) is 2.40. The molecule has 0 amide bonds. The number of benzene rings is 2. The summed E-state index contributed by atoms with van der Waals surface area (Å²) in [5, 5.41) is 0. The van der Waals surface area contributed by atoms with Crippen LogP contribution in [0.3, 0.4) is 0 Å². The molecule has 2 aromatic carbocycles. The highest BCUT2D eigenvalue weighted by molar-refractivity contribution is 5.48. The molecule has 0 spiro atoms. The summed E-state index contributed by atoms with van der Waals surface area (Å²) in [6, 6.07) is 16.0. The first-order valence-corrected chi connectivity index (χ1v) is 7.46. The lowest BCUT2D eigenvalue weighted by Gasteiger charge is -2.22. The topological polar surface area (TPSA) is 58.5 Å². The molecule has 0 aliphatic rings. The molecule has 22 heavy (non-hydrogen) atoms. The van der Waals surface area contributed by atoms with Crippen molar-refractivity contribution in [1.29, 1.82) is 0 Å². The zero-order valence-electron chi connectivity index (χ0n) is 13.8. The summed E-state index contributed by atoms with van der Waals surface area (Å²) in [7, 11) is 8.08. The molecule has 0 bridgehead atoms. The Morgan fingerprint density at radius 1 is 0.591 bits per heavy atom. The van der Waals surface area contributed by atoms with Gasteiger partial charge in [0.05, 0.1) is 0 Å². The van der Waals surface area contributed by atoms with E-state index in [4.69, 9.17) is 11.5 Å². The van der Waals surface area contributed by atoms with E-state index in [1.807, 2.05) is 52.5 Å². The molecule has 4 nitrogen and oxygen atoms in total. The Kier molecular flexibility index (Phi) is 5.06. The first kappa shape index (κ1) is 16.3. The van der Waals surface area contributed by atoms with Gasteiger partial charge >= 0.3 is 0 Å². The Bertz CT molecular complexity index is 532. The Labute approximate surface area is 133 Å². The van der Waals surface area contributed by atoms with Crippen LogP contribution in [0.5, 0.6) is 0 Å². The zero-order valence-corrected chi connectivity index (χ0v) is 13.8. The highest BCUT2D eigenvalue weighted by atomic mass is 15.1. The molecule has 4 N–H and O–H groups in total. The van der Waals surface area contributed by atoms with E-state index in [2.05, 4.69) is 34.1 Å². The quantitative estimate of drug-likeness (QED) is 0.890. The van der Waals surface area contributed by atoms with Gasteiger partial charge in [0.2, 0.25) is 0 Å². The smallest absolute Gasteiger partial charge is 0.0491 e. The SMILES string of the molecule is CN(C)c1ccc([C@H](N)[C@@H](N)c2ccc(N(C)C)cc2)cc1. The van der Waals surface area contributed by atoms with E-state index >= 15 is 0 Å². The molecule has 2 atom stereocenters. The lowest BCUT2D eigenvalue weighted by molar-refractivity contribution is 0.574. The summed E-state index contributed by atoms with van der Waals surface area (Å²) in [4.78, 5) is 4.13. The number of anilines is 2. The Balaban J connectivity index is 2.15. The minimum absolute atomic E-state index is 0.221. The molecule has 0 aromatic heterocycles. The third-order valence-corrected chi connectivity index (χ3v) is 3.98. The predicted octanol–water partition coefficient (Wildman–Crippen LogP) is 2.52. The third kappa shape index (κ3) is 3.59. The van der Waals surface area contributed by atoms with E-state index in [9.17, 15) is 0 Å². The first-order valence-electron chi connectivity index (χ1n) is 7.46. The average Bonchev–Trinajstić information content (AvgIpc) is 2.53. The number of nitrogens with zero attached hydrogens (tertiary/aromatic N) is 2. The van der Waals surface area contributed by atoms with Crippen molar-refractivity contribution >= 4 is 11.4 Å². The van der Waals surface area contributed by atoms with Crippen LogP contribution < -0.4 is 21.3 Å². The van der Waals surface area contributed by atoms with Gasteiger partial charge in [0.15, 0.2) is 0 Å². The van der Waals surface area contributed by atoms with E-state index in [-0.39, 0.29) is 12.1 Å². The van der Waals surface area contributed by atoms with Crippen molar-refractivity contribution in [3.63, 3.8) is 0 Å². The lowest BCUT2D eigenvalue weighted by Crippen LogP contribution is -2.26. The van der Waals surface area contributed by atoms with Gasteiger partial charge < -0.3 is 21.3 Å². The molecular weight excluding hydrogens is 272 g/mol. The second-order valence-electron chi connectivity index (χ2n) is 6.02. The highest BCUT2D eigenvalue weighted by Crippen LogP contribution is 2.27. The maximum absolute atomic E-state index is 6.35. The van der Waals surface area contributed by atoms with Crippen LogP contribution in [0.25, 0.3) is 0 Å². The Morgan fingerprint density at radius 2 is 0.864 bits per heavy atom. The van der Waals surface area contributed by atoms with E-state index < -0.39 is 0 Å². The van der Waals surface area contributed by atoms with Crippen molar-refractivity contribution in [3.05, 3.63) is 59.7 Å². The van der Waals surface area contributed by atoms with Gasteiger partial charge in [-0.2, -0.15) is 0 Å². The third-order valence-electron chi connectivity index (χ3n) is 3.98. The molecule has 0 heterocycles. The number of hydrogen-bond acceptors (Lipinski definition) is 4. The van der Waals surface area contributed by atoms with Crippen LogP contribution in [0.2, 0.25) is 0 Å². The van der Waals surface area contributed by atoms with Crippen LogP contribution in [0.1, 0.15) is 23.2 Å². The van der Waals surface area contributed by atoms with Crippen LogP contribution in [-0.4, -0.2) is 28.2 Å². The van der Waals surface area contributed by atoms with Crippen LogP contribution in [0.4, 0.5) is 11.4 Å². The first-order chi connectivity index (χ1) is 10.4. The monoisotopic (exact) mass is 298 g/mol. The predicted molar refractivity (Wildman–Crippen MR) is 95.4 cm³/mol. The van der Waals surface area contributed by atoms with Crippen molar-refractivity contribution in [3.8, 4) is 0 Å². The number of nitrogens with two attached hydrogens (primary N) is 2. The normalized spacial score (nSPS) is 13.5. The Morgan fingerprint density at radius 3 is 1.09 bits per heavy atom. The fraction of sp³-hybridized carbons (Fsp3) is 0.333. The molecule has 2 aromatic rings. The molecule has 0 radical (unpaired) electrons. The van der Waals surface area contributed by atoms with Gasteiger partial charge in [0, 0.05) is 51.6 Å². The fourth-order valence-electron chi connectivity index (χ4n) is 2.40. The van der Waals surface area contributed by atoms with Crippen molar-refractivity contribution in [2.75, 3.05) is 38.0 Å². The molecule has 0 fully saturated rings. The van der Waals surface area contributed by atoms with Gasteiger partial charge in [-0.1, -0.05) is 24.3 Å².